The number of unbranched alkanes of at least 4 members (excludes halogenated alkanes) is 3. The lowest BCUT2D eigenvalue weighted by atomic mass is 9.81. The van der Waals surface area contributed by atoms with Crippen molar-refractivity contribution in [3.63, 3.8) is 0 Å². The molecule has 0 bridgehead atoms. The van der Waals surface area contributed by atoms with Gasteiger partial charge in [0, 0.05) is 72.6 Å². The van der Waals surface area contributed by atoms with Gasteiger partial charge in [-0.1, -0.05) is 119 Å². The van der Waals surface area contributed by atoms with Gasteiger partial charge < -0.3 is 15.5 Å². The number of para-hydroxylation sites is 2. The number of carbonyl (C=O) groups is 2. The number of fused-ring (bicyclic) bond motifs is 4. The van der Waals surface area contributed by atoms with Crippen LogP contribution >= 0.6 is 0 Å². The predicted molar refractivity (Wildman–Crippen MR) is 316 cm³/mol. The first-order chi connectivity index (χ1) is 36.5. The molecule has 2 aliphatic heterocycles. The van der Waals surface area contributed by atoms with Crippen molar-refractivity contribution >= 4 is 76.1 Å². The lowest BCUT2D eigenvalue weighted by Gasteiger charge is -2.27. The third kappa shape index (κ3) is 14.3. The summed E-state index contributed by atoms with van der Waals surface area (Å²) in [6.07, 6.45) is 14.7. The van der Waals surface area contributed by atoms with Crippen LogP contribution < -0.4 is 15.5 Å². The highest BCUT2D eigenvalue weighted by Crippen LogP contribution is 2.48. The van der Waals surface area contributed by atoms with E-state index in [0.717, 1.165) is 94.3 Å². The van der Waals surface area contributed by atoms with E-state index in [-0.39, 0.29) is 36.0 Å². The highest BCUT2D eigenvalue weighted by molar-refractivity contribution is 7.86. The van der Waals surface area contributed by atoms with Crippen molar-refractivity contribution in [3.05, 3.63) is 173 Å². The number of hydrogen-bond donors (Lipinski definition) is 4. The van der Waals surface area contributed by atoms with E-state index in [1.807, 2.05) is 36.4 Å². The van der Waals surface area contributed by atoms with Gasteiger partial charge in [0.25, 0.3) is 20.2 Å². The minimum Gasteiger partial charge on any atom is -0.352 e. The largest absolute Gasteiger partial charge is 0.352 e. The fourth-order valence-corrected chi connectivity index (χ4v) is 12.1. The Morgan fingerprint density at radius 3 is 2.03 bits per heavy atom. The van der Waals surface area contributed by atoms with Gasteiger partial charge in [0.2, 0.25) is 11.6 Å². The van der Waals surface area contributed by atoms with E-state index < -0.39 is 31.1 Å². The number of nitrogens with zero attached hydrogens (tertiary/aromatic N) is 2. The van der Waals surface area contributed by atoms with Gasteiger partial charge in [-0.15, -0.1) is 0 Å². The number of Topliss-reactive ketones (excluding diaryl/α,β-unsaturated/α-hetero) is 1. The fourth-order valence-electron chi connectivity index (χ4n) is 11.1. The number of hydrogen-bond acceptors (Lipinski definition) is 8. The molecule has 7 rings (SSSR count). The molecule has 0 fully saturated rings. The third-order valence-electron chi connectivity index (χ3n) is 15.2. The molecule has 12 nitrogen and oxygen atoms in total. The first-order valence-corrected chi connectivity index (χ1v) is 30.1. The van der Waals surface area contributed by atoms with Crippen molar-refractivity contribution in [2.45, 2.75) is 117 Å². The van der Waals surface area contributed by atoms with Gasteiger partial charge in [-0.2, -0.15) is 21.4 Å². The Hall–Kier alpha value is -6.29. The lowest BCUT2D eigenvalue weighted by molar-refractivity contribution is -0.437. The molecule has 5 aromatic rings. The normalized spacial score (nSPS) is 15.7. The number of allylic oxidation sites excluding steroid dienone is 7. The van der Waals surface area contributed by atoms with Gasteiger partial charge in [0.1, 0.15) is 6.54 Å². The van der Waals surface area contributed by atoms with Crippen molar-refractivity contribution in [2.24, 2.45) is 0 Å². The average Bonchev–Trinajstić information content (AvgIpc) is 3.80. The molecule has 0 spiro atoms. The Balaban J connectivity index is 1.39. The standard InChI is InChI=1S/C63H76N4O8S2/c1-44(2)58(68)29-12-10-9-11-22-49-48-23-13-14-24-50(48)53(43-64-36-19-37-65-61(69)45(3)4)51-33-30-47(42-52(49)51)46(31-34-59-62(5,6)54-25-15-17-27-56(54)66(59)38-20-40-76(70,71)72)32-35-60-63(7,8)55-26-16-18-28-57(55)67(60)39-21-41-77(73,74)75/h13-18,23-28,30-35,42,64H,1,3,9-12,19-22,29,36-41,43H2,2,4-8H3,(H2-,65,69,70,71,72,73,74,75)/p+1. The van der Waals surface area contributed by atoms with Gasteiger partial charge >= 0.3 is 0 Å². The second-order valence-electron chi connectivity index (χ2n) is 21.7. The summed E-state index contributed by atoms with van der Waals surface area (Å²) in [6.45, 7) is 22.3. The number of ketones is 1. The van der Waals surface area contributed by atoms with E-state index >= 15 is 0 Å². The molecule has 0 aromatic heterocycles. The summed E-state index contributed by atoms with van der Waals surface area (Å²) in [4.78, 5) is 26.7. The monoisotopic (exact) mass is 1080 g/mol. The van der Waals surface area contributed by atoms with E-state index in [1.165, 1.54) is 21.9 Å². The summed E-state index contributed by atoms with van der Waals surface area (Å²) >= 11 is 0. The highest BCUT2D eigenvalue weighted by atomic mass is 32.2. The summed E-state index contributed by atoms with van der Waals surface area (Å²) in [6, 6.07) is 31.6. The molecule has 77 heavy (non-hydrogen) atoms. The Labute approximate surface area is 456 Å². The van der Waals surface area contributed by atoms with Crippen molar-refractivity contribution in [1.82, 2.24) is 10.6 Å². The van der Waals surface area contributed by atoms with Crippen LogP contribution in [0.4, 0.5) is 11.4 Å². The summed E-state index contributed by atoms with van der Waals surface area (Å²) in [5, 5.41) is 11.2. The Bertz CT molecular complexity index is 3440. The molecule has 0 unspecified atom stereocenters. The van der Waals surface area contributed by atoms with E-state index in [2.05, 4.69) is 140 Å². The molecule has 0 saturated heterocycles. The highest BCUT2D eigenvalue weighted by Gasteiger charge is 2.44. The third-order valence-corrected chi connectivity index (χ3v) is 16.8. The first kappa shape index (κ1) is 58.4. The zero-order valence-electron chi connectivity index (χ0n) is 45.8. The van der Waals surface area contributed by atoms with Gasteiger partial charge in [-0.05, 0) is 146 Å². The second kappa shape index (κ2) is 25.0. The Morgan fingerprint density at radius 1 is 0.688 bits per heavy atom. The SMILES string of the molecule is C=C(C)C(=O)CCCCCCc1c2ccccc2c(CNCCCNC(=O)C(=C)C)c2ccc(C(C=CC3=[N+](CCCS(=O)(=O)O)c4ccccc4C3(C)C)=CC=C3N(CCCS(=O)(=O)O)c4ccccc4C3(C)C)cc12. The number of nitrogens with one attached hydrogen (secondary N) is 2. The van der Waals surface area contributed by atoms with Crippen molar-refractivity contribution in [2.75, 3.05) is 42.6 Å². The summed E-state index contributed by atoms with van der Waals surface area (Å²) in [7, 11) is -8.37. The maximum absolute atomic E-state index is 12.4. The molecule has 5 aromatic carbocycles. The van der Waals surface area contributed by atoms with E-state index in [1.54, 1.807) is 13.8 Å². The average molecular weight is 1080 g/mol. The van der Waals surface area contributed by atoms with Gasteiger partial charge in [-0.25, -0.2) is 0 Å². The summed E-state index contributed by atoms with van der Waals surface area (Å²) in [5.74, 6) is -0.774. The molecule has 0 atom stereocenters. The van der Waals surface area contributed by atoms with Crippen LogP contribution in [-0.4, -0.2) is 85.6 Å². The molecular formula is C63H77N4O8S2+. The van der Waals surface area contributed by atoms with Crippen LogP contribution in [0.2, 0.25) is 0 Å². The number of anilines is 1. The molecule has 0 aliphatic carbocycles. The lowest BCUT2D eigenvalue weighted by Crippen LogP contribution is -2.28. The molecule has 4 N–H and O–H groups in total. The molecule has 0 saturated carbocycles. The van der Waals surface area contributed by atoms with Crippen LogP contribution in [0.3, 0.4) is 0 Å². The number of amides is 1. The number of carbonyl (C=O) groups excluding carboxylic acids is 2. The smallest absolute Gasteiger partial charge is 0.265 e. The molecule has 2 heterocycles. The van der Waals surface area contributed by atoms with Crippen LogP contribution in [0.25, 0.3) is 27.1 Å². The van der Waals surface area contributed by atoms with E-state index in [0.29, 0.717) is 50.3 Å². The van der Waals surface area contributed by atoms with E-state index in [9.17, 15) is 35.5 Å². The molecule has 408 valence electrons. The zero-order valence-corrected chi connectivity index (χ0v) is 47.4. The van der Waals surface area contributed by atoms with Gasteiger partial charge in [0.15, 0.2) is 11.5 Å². The number of benzene rings is 5. The maximum Gasteiger partial charge on any atom is 0.265 e. The molecule has 0 radical (unpaired) electrons. The van der Waals surface area contributed by atoms with Crippen LogP contribution in [0.5, 0.6) is 0 Å². The maximum atomic E-state index is 12.4. The van der Waals surface area contributed by atoms with Crippen LogP contribution in [0.15, 0.2) is 145 Å². The number of aryl methyl sites for hydroxylation is 1. The van der Waals surface area contributed by atoms with Crippen molar-refractivity contribution in [1.29, 1.82) is 0 Å². The van der Waals surface area contributed by atoms with Crippen LogP contribution in [-0.2, 0) is 53.6 Å². The van der Waals surface area contributed by atoms with E-state index in [4.69, 9.17) is 0 Å². The molecule has 14 heteroatoms. The summed E-state index contributed by atoms with van der Waals surface area (Å²) in [5.41, 5.74) is 10.5. The molecule has 1 amide bonds. The quantitative estimate of drug-likeness (QED) is 0.00990. The Morgan fingerprint density at radius 2 is 1.32 bits per heavy atom. The van der Waals surface area contributed by atoms with Crippen molar-refractivity contribution < 1.29 is 40.1 Å². The van der Waals surface area contributed by atoms with Crippen LogP contribution in [0.1, 0.15) is 121 Å². The van der Waals surface area contributed by atoms with Gasteiger partial charge in [0.05, 0.1) is 16.9 Å². The van der Waals surface area contributed by atoms with Crippen LogP contribution in [0, 0.1) is 0 Å². The second-order valence-corrected chi connectivity index (χ2v) is 24.9. The zero-order chi connectivity index (χ0) is 55.7. The summed E-state index contributed by atoms with van der Waals surface area (Å²) < 4.78 is 69.5. The first-order valence-electron chi connectivity index (χ1n) is 26.9. The fraction of sp³-hybridized carbons (Fsp3) is 0.381. The predicted octanol–water partition coefficient (Wildman–Crippen LogP) is 12.1. The number of rotatable bonds is 27. The minimum atomic E-state index is -4.18. The minimum absolute atomic E-state index is 0.110. The topological polar surface area (TPSA) is 173 Å². The molecule has 2 aliphatic rings. The Kier molecular flexibility index (Phi) is 19.0. The van der Waals surface area contributed by atoms with Gasteiger partial charge in [-0.3, -0.25) is 18.7 Å². The van der Waals surface area contributed by atoms with Crippen molar-refractivity contribution in [3.8, 4) is 0 Å². The molecular weight excluding hydrogens is 1000 g/mol.